The molecule has 0 fully saturated rings. The molecule has 2 heterocycles. The molecule has 0 aromatic carbocycles. The van der Waals surface area contributed by atoms with E-state index in [1.807, 2.05) is 30.3 Å². The zero-order valence-electron chi connectivity index (χ0n) is 8.63. The molecule has 0 saturated heterocycles. The van der Waals surface area contributed by atoms with Gasteiger partial charge in [-0.3, -0.25) is 4.98 Å². The summed E-state index contributed by atoms with van der Waals surface area (Å²) < 4.78 is 5.29. The van der Waals surface area contributed by atoms with Crippen LogP contribution in [0.4, 0.5) is 0 Å². The molecule has 2 aromatic rings. The van der Waals surface area contributed by atoms with Gasteiger partial charge in [-0.25, -0.2) is 0 Å². The average Bonchev–Trinajstić information content (AvgIpc) is 2.82. The van der Waals surface area contributed by atoms with Crippen molar-refractivity contribution >= 4 is 0 Å². The van der Waals surface area contributed by atoms with Crippen molar-refractivity contribution in [1.29, 1.82) is 0 Å². The van der Waals surface area contributed by atoms with Crippen LogP contribution in [0.5, 0.6) is 0 Å². The summed E-state index contributed by atoms with van der Waals surface area (Å²) in [5.74, 6) is 0.950. The Bertz CT molecular complexity index is 397. The monoisotopic (exact) mass is 202 g/mol. The van der Waals surface area contributed by atoms with Gasteiger partial charge in [0.2, 0.25) is 0 Å². The van der Waals surface area contributed by atoms with Gasteiger partial charge in [0.05, 0.1) is 12.3 Å². The molecule has 0 radical (unpaired) electrons. The third-order valence-corrected chi connectivity index (χ3v) is 2.56. The van der Waals surface area contributed by atoms with Crippen LogP contribution in [-0.4, -0.2) is 4.98 Å². The number of nitrogens with zero attached hydrogens (tertiary/aromatic N) is 1. The lowest BCUT2D eigenvalue weighted by atomic mass is 9.96. The first-order valence-corrected chi connectivity index (χ1v) is 4.99. The highest BCUT2D eigenvalue weighted by atomic mass is 16.3. The standard InChI is InChI=1S/C12H14N2O/c1-9(10-5-2-3-7-14-10)12(13)11-6-4-8-15-11/h2-9,12H,13H2,1H3. The number of aromatic nitrogens is 1. The quantitative estimate of drug-likeness (QED) is 0.831. The Kier molecular flexibility index (Phi) is 2.83. The lowest BCUT2D eigenvalue weighted by Gasteiger charge is -2.16. The van der Waals surface area contributed by atoms with Gasteiger partial charge in [-0.15, -0.1) is 0 Å². The number of furan rings is 1. The van der Waals surface area contributed by atoms with E-state index >= 15 is 0 Å². The molecule has 0 saturated carbocycles. The van der Waals surface area contributed by atoms with Crippen molar-refractivity contribution in [2.24, 2.45) is 5.73 Å². The first-order valence-electron chi connectivity index (χ1n) is 4.99. The number of hydrogen-bond acceptors (Lipinski definition) is 3. The molecule has 78 valence electrons. The fourth-order valence-corrected chi connectivity index (χ4v) is 1.56. The van der Waals surface area contributed by atoms with Crippen LogP contribution in [0.2, 0.25) is 0 Å². The lowest BCUT2D eigenvalue weighted by Crippen LogP contribution is -2.17. The fourth-order valence-electron chi connectivity index (χ4n) is 1.56. The van der Waals surface area contributed by atoms with E-state index in [4.69, 9.17) is 10.2 Å². The van der Waals surface area contributed by atoms with E-state index in [1.165, 1.54) is 0 Å². The maximum absolute atomic E-state index is 6.08. The SMILES string of the molecule is CC(c1ccccn1)C(N)c1ccco1. The van der Waals surface area contributed by atoms with Crippen LogP contribution in [0, 0.1) is 0 Å². The predicted octanol–water partition coefficient (Wildman–Crippen LogP) is 2.48. The largest absolute Gasteiger partial charge is 0.468 e. The minimum Gasteiger partial charge on any atom is -0.468 e. The Morgan fingerprint density at radius 2 is 2.13 bits per heavy atom. The van der Waals surface area contributed by atoms with Crippen LogP contribution in [0.1, 0.15) is 30.3 Å². The van der Waals surface area contributed by atoms with Gasteiger partial charge in [-0.1, -0.05) is 13.0 Å². The molecular weight excluding hydrogens is 188 g/mol. The van der Waals surface area contributed by atoms with Crippen LogP contribution in [-0.2, 0) is 0 Å². The molecule has 2 unspecified atom stereocenters. The Balaban J connectivity index is 2.18. The molecule has 3 nitrogen and oxygen atoms in total. The Labute approximate surface area is 88.9 Å². The molecule has 2 N–H and O–H groups in total. The molecule has 2 aromatic heterocycles. The summed E-state index contributed by atoms with van der Waals surface area (Å²) in [4.78, 5) is 4.29. The van der Waals surface area contributed by atoms with Gasteiger partial charge in [0, 0.05) is 17.8 Å². The molecule has 0 aliphatic rings. The second-order valence-corrected chi connectivity index (χ2v) is 3.58. The molecule has 15 heavy (non-hydrogen) atoms. The topological polar surface area (TPSA) is 52.0 Å². The van der Waals surface area contributed by atoms with Gasteiger partial charge in [-0.2, -0.15) is 0 Å². The van der Waals surface area contributed by atoms with Crippen molar-refractivity contribution in [2.75, 3.05) is 0 Å². The first-order chi connectivity index (χ1) is 7.29. The fraction of sp³-hybridized carbons (Fsp3) is 0.250. The summed E-state index contributed by atoms with van der Waals surface area (Å²) in [7, 11) is 0. The summed E-state index contributed by atoms with van der Waals surface area (Å²) in [6.45, 7) is 2.05. The minimum absolute atomic E-state index is 0.144. The van der Waals surface area contributed by atoms with Crippen LogP contribution in [0.3, 0.4) is 0 Å². The Hall–Kier alpha value is -1.61. The van der Waals surface area contributed by atoms with E-state index in [2.05, 4.69) is 11.9 Å². The summed E-state index contributed by atoms with van der Waals surface area (Å²) in [6.07, 6.45) is 3.42. The van der Waals surface area contributed by atoms with Crippen LogP contribution in [0.25, 0.3) is 0 Å². The van der Waals surface area contributed by atoms with Crippen LogP contribution >= 0.6 is 0 Å². The van der Waals surface area contributed by atoms with Crippen molar-refractivity contribution in [3.05, 3.63) is 54.2 Å². The number of nitrogens with two attached hydrogens (primary N) is 1. The zero-order valence-corrected chi connectivity index (χ0v) is 8.63. The molecule has 2 atom stereocenters. The molecule has 0 aliphatic heterocycles. The van der Waals surface area contributed by atoms with Gasteiger partial charge in [0.1, 0.15) is 5.76 Å². The van der Waals surface area contributed by atoms with Crippen LogP contribution < -0.4 is 5.73 Å². The van der Waals surface area contributed by atoms with Gasteiger partial charge < -0.3 is 10.2 Å². The third-order valence-electron chi connectivity index (χ3n) is 2.56. The second kappa shape index (κ2) is 4.28. The normalized spacial score (nSPS) is 14.8. The third kappa shape index (κ3) is 2.07. The van der Waals surface area contributed by atoms with E-state index in [-0.39, 0.29) is 12.0 Å². The van der Waals surface area contributed by atoms with Gasteiger partial charge in [0.15, 0.2) is 0 Å². The molecule has 3 heteroatoms. The van der Waals surface area contributed by atoms with E-state index in [9.17, 15) is 0 Å². The number of rotatable bonds is 3. The summed E-state index contributed by atoms with van der Waals surface area (Å²) in [5.41, 5.74) is 7.07. The van der Waals surface area contributed by atoms with E-state index < -0.39 is 0 Å². The highest BCUT2D eigenvalue weighted by Gasteiger charge is 2.19. The number of hydrogen-bond donors (Lipinski definition) is 1. The van der Waals surface area contributed by atoms with Crippen molar-refractivity contribution < 1.29 is 4.42 Å². The highest BCUT2D eigenvalue weighted by molar-refractivity contribution is 5.16. The summed E-state index contributed by atoms with van der Waals surface area (Å²) in [6, 6.07) is 9.44. The van der Waals surface area contributed by atoms with Crippen molar-refractivity contribution in [3.63, 3.8) is 0 Å². The summed E-state index contributed by atoms with van der Waals surface area (Å²) >= 11 is 0. The van der Waals surface area contributed by atoms with Gasteiger partial charge in [-0.05, 0) is 24.3 Å². The minimum atomic E-state index is -0.144. The maximum atomic E-state index is 6.08. The highest BCUT2D eigenvalue weighted by Crippen LogP contribution is 2.26. The molecule has 0 aliphatic carbocycles. The van der Waals surface area contributed by atoms with E-state index in [1.54, 1.807) is 12.5 Å². The first kappa shape index (κ1) is 9.93. The second-order valence-electron chi connectivity index (χ2n) is 3.58. The molecule has 2 rings (SSSR count). The molecular formula is C12H14N2O. The van der Waals surface area contributed by atoms with Gasteiger partial charge in [0.25, 0.3) is 0 Å². The van der Waals surface area contributed by atoms with Crippen molar-refractivity contribution in [2.45, 2.75) is 18.9 Å². The smallest absolute Gasteiger partial charge is 0.121 e. The Morgan fingerprint density at radius 3 is 2.73 bits per heavy atom. The lowest BCUT2D eigenvalue weighted by molar-refractivity contribution is 0.432. The predicted molar refractivity (Wildman–Crippen MR) is 58.3 cm³/mol. The van der Waals surface area contributed by atoms with Crippen molar-refractivity contribution in [1.82, 2.24) is 4.98 Å². The van der Waals surface area contributed by atoms with Gasteiger partial charge >= 0.3 is 0 Å². The van der Waals surface area contributed by atoms with Crippen LogP contribution in [0.15, 0.2) is 47.2 Å². The average molecular weight is 202 g/mol. The summed E-state index contributed by atoms with van der Waals surface area (Å²) in [5, 5.41) is 0. The Morgan fingerprint density at radius 1 is 1.27 bits per heavy atom. The zero-order chi connectivity index (χ0) is 10.7. The molecule has 0 spiro atoms. The van der Waals surface area contributed by atoms with E-state index in [0.29, 0.717) is 0 Å². The molecule has 0 amide bonds. The molecule has 0 bridgehead atoms. The van der Waals surface area contributed by atoms with Crippen molar-refractivity contribution in [3.8, 4) is 0 Å². The number of pyridine rings is 1. The van der Waals surface area contributed by atoms with E-state index in [0.717, 1.165) is 11.5 Å². The maximum Gasteiger partial charge on any atom is 0.121 e.